The monoisotopic (exact) mass is 349 g/mol. The first kappa shape index (κ1) is 19.0. The van der Waals surface area contributed by atoms with Gasteiger partial charge in [-0.25, -0.2) is 0 Å². The van der Waals surface area contributed by atoms with Gasteiger partial charge in [-0.05, 0) is 55.2 Å². The number of carbonyl (C=O) groups is 1. The fourth-order valence-corrected chi connectivity index (χ4v) is 3.75. The molecule has 4 nitrogen and oxygen atoms in total. The molecule has 2 rings (SSSR count). The number of carboxylic acid groups (broad SMARTS) is 1. The Kier molecular flexibility index (Phi) is 5.16. The number of nitrogens with zero attached hydrogens (tertiary/aromatic N) is 1. The van der Waals surface area contributed by atoms with Gasteiger partial charge in [0, 0.05) is 6.54 Å². The second-order valence-corrected chi connectivity index (χ2v) is 13.1. The number of hydrogen-bond donors (Lipinski definition) is 1. The molecule has 1 aliphatic rings. The number of likely N-dealkylation sites (N-methyl/N-ethyl adjacent to an activating group) is 1. The van der Waals surface area contributed by atoms with Crippen LogP contribution in [0.25, 0.3) is 0 Å². The first-order valence-electron chi connectivity index (χ1n) is 8.78. The molecule has 5 heteroatoms. The normalized spacial score (nSPS) is 17.0. The Balaban J connectivity index is 2.15. The summed E-state index contributed by atoms with van der Waals surface area (Å²) >= 11 is 0. The van der Waals surface area contributed by atoms with Crippen molar-refractivity contribution in [2.24, 2.45) is 0 Å². The van der Waals surface area contributed by atoms with Crippen molar-refractivity contribution >= 4 is 14.3 Å². The van der Waals surface area contributed by atoms with E-state index in [1.165, 1.54) is 0 Å². The van der Waals surface area contributed by atoms with Crippen LogP contribution in [0, 0.1) is 0 Å². The van der Waals surface area contributed by atoms with Crippen molar-refractivity contribution in [1.82, 2.24) is 4.90 Å². The zero-order valence-corrected chi connectivity index (χ0v) is 16.8. The quantitative estimate of drug-likeness (QED) is 0.736. The maximum absolute atomic E-state index is 11.6. The van der Waals surface area contributed by atoms with Crippen LogP contribution >= 0.6 is 0 Å². The van der Waals surface area contributed by atoms with E-state index in [1.54, 1.807) is 0 Å². The van der Waals surface area contributed by atoms with E-state index < -0.39 is 19.8 Å². The van der Waals surface area contributed by atoms with Gasteiger partial charge in [0.05, 0.1) is 0 Å². The van der Waals surface area contributed by atoms with Gasteiger partial charge >= 0.3 is 5.97 Å². The molecule has 0 aliphatic heterocycles. The van der Waals surface area contributed by atoms with Crippen LogP contribution in [0.2, 0.25) is 18.1 Å². The molecule has 134 valence electrons. The lowest BCUT2D eigenvalue weighted by Gasteiger charge is -2.36. The van der Waals surface area contributed by atoms with Gasteiger partial charge in [-0.1, -0.05) is 39.8 Å². The molecule has 1 aromatic rings. The van der Waals surface area contributed by atoms with Gasteiger partial charge in [-0.3, -0.25) is 9.69 Å². The van der Waals surface area contributed by atoms with Crippen LogP contribution in [-0.4, -0.2) is 36.4 Å². The van der Waals surface area contributed by atoms with Crippen LogP contribution in [0.15, 0.2) is 24.3 Å². The Bertz CT molecular complexity index is 603. The van der Waals surface area contributed by atoms with Gasteiger partial charge in [0.25, 0.3) is 0 Å². The maximum atomic E-state index is 11.6. The van der Waals surface area contributed by atoms with Crippen molar-refractivity contribution in [3.63, 3.8) is 0 Å². The van der Waals surface area contributed by atoms with E-state index in [1.807, 2.05) is 19.1 Å². The molecule has 0 spiro atoms. The lowest BCUT2D eigenvalue weighted by Crippen LogP contribution is -2.44. The summed E-state index contributed by atoms with van der Waals surface area (Å²) in [6, 6.07) is 8.14. The van der Waals surface area contributed by atoms with Crippen molar-refractivity contribution in [2.75, 3.05) is 6.54 Å². The summed E-state index contributed by atoms with van der Waals surface area (Å²) in [7, 11) is -1.87. The third-order valence-electron chi connectivity index (χ3n) is 5.56. The van der Waals surface area contributed by atoms with Crippen LogP contribution in [0.5, 0.6) is 5.75 Å². The predicted octanol–water partition coefficient (Wildman–Crippen LogP) is 4.51. The summed E-state index contributed by atoms with van der Waals surface area (Å²) in [6.07, 6.45) is 1.49. The predicted molar refractivity (Wildman–Crippen MR) is 100.0 cm³/mol. The second kappa shape index (κ2) is 6.52. The number of carboxylic acids is 1. The molecule has 0 heterocycles. The molecule has 1 aromatic carbocycles. The highest BCUT2D eigenvalue weighted by molar-refractivity contribution is 6.74. The van der Waals surface area contributed by atoms with E-state index in [-0.39, 0.29) is 5.04 Å². The smallest absolute Gasteiger partial charge is 0.324 e. The Morgan fingerprint density at radius 3 is 2.42 bits per heavy atom. The van der Waals surface area contributed by atoms with Crippen molar-refractivity contribution in [3.8, 4) is 5.75 Å². The molecular weight excluding hydrogens is 318 g/mol. The van der Waals surface area contributed by atoms with E-state index in [9.17, 15) is 9.90 Å². The van der Waals surface area contributed by atoms with Crippen LogP contribution < -0.4 is 4.43 Å². The van der Waals surface area contributed by atoms with Gasteiger partial charge in [-0.2, -0.15) is 0 Å². The molecule has 0 aromatic heterocycles. The molecule has 1 N–H and O–H groups in total. The second-order valence-electron chi connectivity index (χ2n) is 8.36. The first-order valence-corrected chi connectivity index (χ1v) is 11.7. The molecule has 0 amide bonds. The summed E-state index contributed by atoms with van der Waals surface area (Å²) in [4.78, 5) is 13.6. The largest absolute Gasteiger partial charge is 0.543 e. The SMILES string of the molecule is CCN(Cc1cccc(O[Si](C)(C)C(C)(C)C)c1)C1(C(=O)O)CC1. The fourth-order valence-electron chi connectivity index (χ4n) is 2.72. The minimum Gasteiger partial charge on any atom is -0.543 e. The lowest BCUT2D eigenvalue weighted by molar-refractivity contribution is -0.145. The van der Waals surface area contributed by atoms with Crippen molar-refractivity contribution in [1.29, 1.82) is 0 Å². The molecule has 0 atom stereocenters. The Morgan fingerprint density at radius 1 is 1.33 bits per heavy atom. The van der Waals surface area contributed by atoms with Crippen LogP contribution in [0.3, 0.4) is 0 Å². The van der Waals surface area contributed by atoms with E-state index in [2.05, 4.69) is 50.9 Å². The van der Waals surface area contributed by atoms with Gasteiger partial charge in [0.1, 0.15) is 11.3 Å². The van der Waals surface area contributed by atoms with Gasteiger partial charge in [-0.15, -0.1) is 0 Å². The van der Waals surface area contributed by atoms with E-state index in [0.29, 0.717) is 6.54 Å². The van der Waals surface area contributed by atoms with E-state index in [0.717, 1.165) is 30.7 Å². The molecular formula is C19H31NO3Si. The third-order valence-corrected chi connectivity index (χ3v) is 9.92. The average Bonchev–Trinajstić information content (AvgIpc) is 3.25. The Labute approximate surface area is 147 Å². The fraction of sp³-hybridized carbons (Fsp3) is 0.632. The van der Waals surface area contributed by atoms with Gasteiger partial charge in [0.2, 0.25) is 8.32 Å². The lowest BCUT2D eigenvalue weighted by atomic mass is 10.1. The number of rotatable bonds is 7. The minimum absolute atomic E-state index is 0.153. The molecule has 24 heavy (non-hydrogen) atoms. The zero-order valence-electron chi connectivity index (χ0n) is 15.8. The van der Waals surface area contributed by atoms with E-state index in [4.69, 9.17) is 4.43 Å². The molecule has 0 bridgehead atoms. The third kappa shape index (κ3) is 3.83. The summed E-state index contributed by atoms with van der Waals surface area (Å²) < 4.78 is 6.37. The number of hydrogen-bond acceptors (Lipinski definition) is 3. The highest BCUT2D eigenvalue weighted by Crippen LogP contribution is 2.43. The molecule has 1 saturated carbocycles. The van der Waals surface area contributed by atoms with Crippen molar-refractivity contribution in [2.45, 2.75) is 70.8 Å². The van der Waals surface area contributed by atoms with Gasteiger partial charge < -0.3 is 9.53 Å². The number of aliphatic carboxylic acids is 1. The first-order chi connectivity index (χ1) is 11.0. The highest BCUT2D eigenvalue weighted by atomic mass is 28.4. The summed E-state index contributed by atoms with van der Waals surface area (Å²) in [5.74, 6) is 0.202. The molecule has 1 fully saturated rings. The highest BCUT2D eigenvalue weighted by Gasteiger charge is 2.54. The topological polar surface area (TPSA) is 49.8 Å². The van der Waals surface area contributed by atoms with Crippen LogP contribution in [0.1, 0.15) is 46.1 Å². The van der Waals surface area contributed by atoms with E-state index >= 15 is 0 Å². The van der Waals surface area contributed by atoms with Crippen LogP contribution in [-0.2, 0) is 11.3 Å². The molecule has 0 radical (unpaired) electrons. The Morgan fingerprint density at radius 2 is 1.96 bits per heavy atom. The zero-order chi connectivity index (χ0) is 18.2. The standard InChI is InChI=1S/C19H31NO3Si/c1-7-20(19(11-12-19)17(21)22)14-15-9-8-10-16(13-15)23-24(5,6)18(2,3)4/h8-10,13H,7,11-12,14H2,1-6H3,(H,21,22). The molecule has 1 aliphatic carbocycles. The molecule has 0 unspecified atom stereocenters. The Hall–Kier alpha value is -1.33. The maximum Gasteiger partial charge on any atom is 0.324 e. The summed E-state index contributed by atoms with van der Waals surface area (Å²) in [5.41, 5.74) is 0.464. The number of benzene rings is 1. The van der Waals surface area contributed by atoms with Crippen LogP contribution in [0.4, 0.5) is 0 Å². The molecule has 0 saturated heterocycles. The average molecular weight is 350 g/mol. The minimum atomic E-state index is -1.87. The summed E-state index contributed by atoms with van der Waals surface area (Å²) in [6.45, 7) is 14.6. The van der Waals surface area contributed by atoms with Gasteiger partial charge in [0.15, 0.2) is 0 Å². The summed E-state index contributed by atoms with van der Waals surface area (Å²) in [5, 5.41) is 9.67. The van der Waals surface area contributed by atoms with Crippen molar-refractivity contribution in [3.05, 3.63) is 29.8 Å². The van der Waals surface area contributed by atoms with Crippen molar-refractivity contribution < 1.29 is 14.3 Å².